The first-order chi connectivity index (χ1) is 14.9. The number of imide groups is 1. The summed E-state index contributed by atoms with van der Waals surface area (Å²) in [6.45, 7) is 0. The molecule has 1 heterocycles. The van der Waals surface area contributed by atoms with E-state index in [4.69, 9.17) is 16.3 Å². The van der Waals surface area contributed by atoms with Gasteiger partial charge in [-0.2, -0.15) is 0 Å². The number of benzene rings is 2. The van der Waals surface area contributed by atoms with E-state index in [-0.39, 0.29) is 52.5 Å². The lowest BCUT2D eigenvalue weighted by Gasteiger charge is -2.18. The third-order valence-corrected chi connectivity index (χ3v) is 6.63. The number of halogens is 1. The summed E-state index contributed by atoms with van der Waals surface area (Å²) in [7, 11) is 1.49. The summed E-state index contributed by atoms with van der Waals surface area (Å²) in [5, 5.41) is 15.1. The zero-order valence-electron chi connectivity index (χ0n) is 16.4. The van der Waals surface area contributed by atoms with Crippen LogP contribution in [-0.2, 0) is 9.59 Å². The number of carbonyl (C=O) groups excluding carboxylic acids is 2. The van der Waals surface area contributed by atoms with Gasteiger partial charge in [0.15, 0.2) is 0 Å². The standard InChI is InChI=1S/C22H18ClN3O5/c1-31-18-7-4-13(9-15(18)23)24-16-6-5-14(10-17(16)26(29)30)25-21(27)19-11-2-3-12(8-11)20(19)22(25)28/h2-7,9-12,19-20,24H,8H2,1H3. The van der Waals surface area contributed by atoms with E-state index in [1.807, 2.05) is 12.2 Å². The Morgan fingerprint density at radius 3 is 2.35 bits per heavy atom. The molecule has 158 valence electrons. The van der Waals surface area contributed by atoms with E-state index in [9.17, 15) is 19.7 Å². The molecule has 4 unspecified atom stereocenters. The molecule has 3 aliphatic rings. The molecule has 0 spiro atoms. The van der Waals surface area contributed by atoms with Gasteiger partial charge in [0.1, 0.15) is 11.4 Å². The molecule has 2 bridgehead atoms. The number of nitrogens with zero attached hydrogens (tertiary/aromatic N) is 2. The SMILES string of the molecule is COc1ccc(Nc2ccc(N3C(=O)C4C5C=CC(C5)C4C3=O)cc2[N+](=O)[O-])cc1Cl. The molecule has 1 aliphatic heterocycles. The first kappa shape index (κ1) is 19.6. The highest BCUT2D eigenvalue weighted by molar-refractivity contribution is 6.32. The van der Waals surface area contributed by atoms with Gasteiger partial charge in [0.05, 0.1) is 34.6 Å². The van der Waals surface area contributed by atoms with Crippen molar-refractivity contribution in [2.75, 3.05) is 17.3 Å². The van der Waals surface area contributed by atoms with Gasteiger partial charge in [-0.15, -0.1) is 0 Å². The Labute approximate surface area is 182 Å². The van der Waals surface area contributed by atoms with Crippen molar-refractivity contribution in [1.82, 2.24) is 0 Å². The monoisotopic (exact) mass is 439 g/mol. The van der Waals surface area contributed by atoms with Gasteiger partial charge in [-0.1, -0.05) is 23.8 Å². The molecule has 0 aromatic heterocycles. The minimum absolute atomic E-state index is 0.0761. The maximum atomic E-state index is 13.0. The molecule has 2 fully saturated rings. The Hall–Kier alpha value is -3.39. The number of hydrogen-bond acceptors (Lipinski definition) is 6. The fourth-order valence-corrected chi connectivity index (χ4v) is 5.23. The molecule has 5 rings (SSSR count). The topological polar surface area (TPSA) is 102 Å². The van der Waals surface area contributed by atoms with Crippen LogP contribution in [0.1, 0.15) is 6.42 Å². The fraction of sp³-hybridized carbons (Fsp3) is 0.273. The number of allylic oxidation sites excluding steroid dienone is 2. The summed E-state index contributed by atoms with van der Waals surface area (Å²) in [6, 6.07) is 9.22. The molecule has 2 aliphatic carbocycles. The summed E-state index contributed by atoms with van der Waals surface area (Å²) < 4.78 is 5.11. The highest BCUT2D eigenvalue weighted by Crippen LogP contribution is 2.53. The Balaban J connectivity index is 1.46. The van der Waals surface area contributed by atoms with Gasteiger partial charge in [0.2, 0.25) is 11.8 Å². The van der Waals surface area contributed by atoms with E-state index in [1.54, 1.807) is 24.3 Å². The zero-order valence-corrected chi connectivity index (χ0v) is 17.2. The Morgan fingerprint density at radius 2 is 1.77 bits per heavy atom. The molecule has 9 heteroatoms. The van der Waals surface area contributed by atoms with Gasteiger partial charge in [0.25, 0.3) is 5.69 Å². The molecule has 4 atom stereocenters. The highest BCUT2D eigenvalue weighted by atomic mass is 35.5. The lowest BCUT2D eigenvalue weighted by molar-refractivity contribution is -0.383. The van der Waals surface area contributed by atoms with Crippen LogP contribution in [0.25, 0.3) is 0 Å². The van der Waals surface area contributed by atoms with Gasteiger partial charge in [-0.05, 0) is 48.6 Å². The average molecular weight is 440 g/mol. The zero-order chi connectivity index (χ0) is 21.9. The molecule has 2 amide bonds. The van der Waals surface area contributed by atoms with Crippen molar-refractivity contribution in [2.24, 2.45) is 23.7 Å². The van der Waals surface area contributed by atoms with Crippen molar-refractivity contribution < 1.29 is 19.2 Å². The van der Waals surface area contributed by atoms with E-state index in [2.05, 4.69) is 5.32 Å². The van der Waals surface area contributed by atoms with E-state index < -0.39 is 4.92 Å². The van der Waals surface area contributed by atoms with Crippen molar-refractivity contribution in [3.05, 3.63) is 63.7 Å². The number of methoxy groups -OCH3 is 1. The largest absolute Gasteiger partial charge is 0.495 e. The molecule has 1 N–H and O–H groups in total. The lowest BCUT2D eigenvalue weighted by Crippen LogP contribution is -2.32. The van der Waals surface area contributed by atoms with Crippen molar-refractivity contribution >= 4 is 46.2 Å². The van der Waals surface area contributed by atoms with Gasteiger partial charge in [0, 0.05) is 11.8 Å². The van der Waals surface area contributed by atoms with Crippen LogP contribution in [0.5, 0.6) is 5.75 Å². The third-order valence-electron chi connectivity index (χ3n) is 6.34. The number of ether oxygens (including phenoxy) is 1. The summed E-state index contributed by atoms with van der Waals surface area (Å²) in [4.78, 5) is 38.3. The Kier molecular flexibility index (Phi) is 4.48. The second-order valence-electron chi connectivity index (χ2n) is 7.94. The van der Waals surface area contributed by atoms with Crippen molar-refractivity contribution in [1.29, 1.82) is 0 Å². The predicted molar refractivity (Wildman–Crippen MR) is 115 cm³/mol. The summed E-state index contributed by atoms with van der Waals surface area (Å²) >= 11 is 6.13. The summed E-state index contributed by atoms with van der Waals surface area (Å²) in [5.74, 6) is -0.634. The van der Waals surface area contributed by atoms with Crippen LogP contribution in [-0.4, -0.2) is 23.8 Å². The molecule has 8 nitrogen and oxygen atoms in total. The van der Waals surface area contributed by atoms with Gasteiger partial charge in [-0.3, -0.25) is 19.7 Å². The molecule has 0 radical (unpaired) electrons. The van der Waals surface area contributed by atoms with E-state index in [0.29, 0.717) is 16.5 Å². The second-order valence-corrected chi connectivity index (χ2v) is 8.35. The number of amides is 2. The smallest absolute Gasteiger partial charge is 0.294 e. The van der Waals surface area contributed by atoms with Crippen LogP contribution in [0.2, 0.25) is 5.02 Å². The molecule has 2 aromatic rings. The second kappa shape index (κ2) is 7.09. The van der Waals surface area contributed by atoms with E-state index >= 15 is 0 Å². The predicted octanol–water partition coefficient (Wildman–Crippen LogP) is 4.31. The number of nitro groups is 1. The third kappa shape index (κ3) is 2.97. The van der Waals surface area contributed by atoms with Crippen LogP contribution in [0.3, 0.4) is 0 Å². The number of nitro benzene ring substituents is 1. The summed E-state index contributed by atoms with van der Waals surface area (Å²) in [6.07, 6.45) is 4.85. The number of fused-ring (bicyclic) bond motifs is 5. The molecular weight excluding hydrogens is 422 g/mol. The Bertz CT molecular complexity index is 1130. The number of rotatable bonds is 5. The average Bonchev–Trinajstić information content (AvgIpc) is 3.42. The van der Waals surface area contributed by atoms with Crippen LogP contribution < -0.4 is 15.0 Å². The highest BCUT2D eigenvalue weighted by Gasteiger charge is 2.59. The normalized spacial score (nSPS) is 25.8. The molecule has 1 saturated heterocycles. The quantitative estimate of drug-likeness (QED) is 0.322. The van der Waals surface area contributed by atoms with E-state index in [1.165, 1.54) is 19.2 Å². The number of carbonyl (C=O) groups is 2. The number of nitrogens with one attached hydrogen (secondary N) is 1. The lowest BCUT2D eigenvalue weighted by atomic mass is 9.85. The minimum atomic E-state index is -0.548. The fourth-order valence-electron chi connectivity index (χ4n) is 4.97. The van der Waals surface area contributed by atoms with E-state index in [0.717, 1.165) is 11.3 Å². The molecule has 2 aromatic carbocycles. The van der Waals surface area contributed by atoms with Crippen molar-refractivity contribution in [3.63, 3.8) is 0 Å². The minimum Gasteiger partial charge on any atom is -0.495 e. The van der Waals surface area contributed by atoms with Crippen LogP contribution in [0, 0.1) is 33.8 Å². The van der Waals surface area contributed by atoms with Gasteiger partial charge < -0.3 is 10.1 Å². The van der Waals surface area contributed by atoms with Gasteiger partial charge in [-0.25, -0.2) is 4.90 Å². The molecule has 1 saturated carbocycles. The van der Waals surface area contributed by atoms with Crippen molar-refractivity contribution in [2.45, 2.75) is 6.42 Å². The molecule has 31 heavy (non-hydrogen) atoms. The van der Waals surface area contributed by atoms with Gasteiger partial charge >= 0.3 is 0 Å². The van der Waals surface area contributed by atoms with Crippen molar-refractivity contribution in [3.8, 4) is 5.75 Å². The Morgan fingerprint density at radius 1 is 1.10 bits per heavy atom. The summed E-state index contributed by atoms with van der Waals surface area (Å²) in [5.41, 5.74) is 0.722. The van der Waals surface area contributed by atoms with Crippen LogP contribution in [0.15, 0.2) is 48.6 Å². The maximum Gasteiger partial charge on any atom is 0.294 e. The first-order valence-corrected chi connectivity index (χ1v) is 10.2. The molecular formula is C22H18ClN3O5. The van der Waals surface area contributed by atoms with Crippen LogP contribution >= 0.6 is 11.6 Å². The number of hydrogen-bond donors (Lipinski definition) is 1. The first-order valence-electron chi connectivity index (χ1n) is 9.84. The maximum absolute atomic E-state index is 13.0. The number of anilines is 3. The van der Waals surface area contributed by atoms with Crippen LogP contribution in [0.4, 0.5) is 22.7 Å².